The third-order valence-corrected chi connectivity index (χ3v) is 3.93. The molecule has 20 heavy (non-hydrogen) atoms. The van der Waals surface area contributed by atoms with Crippen LogP contribution in [-0.4, -0.2) is 60.8 Å². The Morgan fingerprint density at radius 2 is 2.40 bits per heavy atom. The standard InChI is InChI=1S/C13H18N2O4S/c16-9-10-8-15(5-6-19-10)12(17)3-4-14-13(18)11-2-1-7-20-11/h1-2,7,10,16H,3-6,8-9H2,(H,14,18). The molecule has 0 spiro atoms. The molecule has 1 unspecified atom stereocenters. The van der Waals surface area contributed by atoms with Gasteiger partial charge in [-0.05, 0) is 11.4 Å². The van der Waals surface area contributed by atoms with Crippen LogP contribution < -0.4 is 5.32 Å². The average Bonchev–Trinajstić information content (AvgIpc) is 3.01. The lowest BCUT2D eigenvalue weighted by Gasteiger charge is -2.32. The van der Waals surface area contributed by atoms with Gasteiger partial charge in [-0.3, -0.25) is 9.59 Å². The van der Waals surface area contributed by atoms with Crippen LogP contribution in [0, 0.1) is 0 Å². The summed E-state index contributed by atoms with van der Waals surface area (Å²) < 4.78 is 5.29. The van der Waals surface area contributed by atoms with Crippen LogP contribution in [0.25, 0.3) is 0 Å². The minimum atomic E-state index is -0.298. The minimum Gasteiger partial charge on any atom is -0.394 e. The Morgan fingerprint density at radius 1 is 1.55 bits per heavy atom. The summed E-state index contributed by atoms with van der Waals surface area (Å²) in [5.41, 5.74) is 0. The van der Waals surface area contributed by atoms with Crippen LogP contribution in [0.4, 0.5) is 0 Å². The number of aliphatic hydroxyl groups excluding tert-OH is 1. The molecule has 1 aromatic rings. The Kier molecular flexibility index (Phi) is 5.51. The van der Waals surface area contributed by atoms with Gasteiger partial charge in [-0.1, -0.05) is 6.07 Å². The highest BCUT2D eigenvalue weighted by Crippen LogP contribution is 2.08. The largest absolute Gasteiger partial charge is 0.394 e. The van der Waals surface area contributed by atoms with Crippen LogP contribution in [0.3, 0.4) is 0 Å². The first-order valence-corrected chi connectivity index (χ1v) is 7.40. The predicted molar refractivity (Wildman–Crippen MR) is 74.7 cm³/mol. The minimum absolute atomic E-state index is 0.0294. The van der Waals surface area contributed by atoms with Crippen molar-refractivity contribution in [3.63, 3.8) is 0 Å². The molecule has 0 aromatic carbocycles. The summed E-state index contributed by atoms with van der Waals surface area (Å²) in [4.78, 5) is 26.0. The Balaban J connectivity index is 1.71. The van der Waals surface area contributed by atoms with Gasteiger partial charge in [0.25, 0.3) is 5.91 Å². The smallest absolute Gasteiger partial charge is 0.261 e. The normalized spacial score (nSPS) is 18.9. The van der Waals surface area contributed by atoms with E-state index in [1.165, 1.54) is 11.3 Å². The van der Waals surface area contributed by atoms with E-state index in [0.717, 1.165) is 0 Å². The molecule has 2 heterocycles. The third-order valence-electron chi connectivity index (χ3n) is 3.06. The van der Waals surface area contributed by atoms with Crippen LogP contribution in [0.1, 0.15) is 16.1 Å². The Bertz CT molecular complexity index is 449. The SMILES string of the molecule is O=C(NCCC(=O)N1CCOC(CO)C1)c1cccs1. The van der Waals surface area contributed by atoms with Crippen molar-refractivity contribution in [1.29, 1.82) is 0 Å². The van der Waals surface area contributed by atoms with Crippen LogP contribution in [-0.2, 0) is 9.53 Å². The molecule has 7 heteroatoms. The molecule has 110 valence electrons. The summed E-state index contributed by atoms with van der Waals surface area (Å²) in [6.45, 7) is 1.62. The fraction of sp³-hybridized carbons (Fsp3) is 0.538. The maximum Gasteiger partial charge on any atom is 0.261 e. The van der Waals surface area contributed by atoms with Gasteiger partial charge in [-0.15, -0.1) is 11.3 Å². The number of ether oxygens (including phenoxy) is 1. The highest BCUT2D eigenvalue weighted by molar-refractivity contribution is 7.12. The van der Waals surface area contributed by atoms with Crippen molar-refractivity contribution in [1.82, 2.24) is 10.2 Å². The molecule has 0 aliphatic carbocycles. The van der Waals surface area contributed by atoms with Crippen molar-refractivity contribution < 1.29 is 19.4 Å². The summed E-state index contributed by atoms with van der Waals surface area (Å²) in [5.74, 6) is -0.179. The summed E-state index contributed by atoms with van der Waals surface area (Å²) in [7, 11) is 0. The fourth-order valence-electron chi connectivity index (χ4n) is 1.99. The number of hydrogen-bond donors (Lipinski definition) is 2. The van der Waals surface area contributed by atoms with E-state index in [1.807, 2.05) is 11.4 Å². The zero-order valence-electron chi connectivity index (χ0n) is 11.1. The molecular formula is C13H18N2O4S. The van der Waals surface area contributed by atoms with Gasteiger partial charge in [0.05, 0.1) is 24.2 Å². The number of nitrogens with zero attached hydrogens (tertiary/aromatic N) is 1. The second-order valence-corrected chi connectivity index (χ2v) is 5.45. The van der Waals surface area contributed by atoms with Gasteiger partial charge in [0.1, 0.15) is 0 Å². The molecule has 1 fully saturated rings. The Morgan fingerprint density at radius 3 is 3.10 bits per heavy atom. The van der Waals surface area contributed by atoms with Crippen molar-refractivity contribution in [2.45, 2.75) is 12.5 Å². The van der Waals surface area contributed by atoms with Crippen molar-refractivity contribution in [2.24, 2.45) is 0 Å². The number of morpholine rings is 1. The first kappa shape index (κ1) is 15.0. The van der Waals surface area contributed by atoms with Gasteiger partial charge in [-0.25, -0.2) is 0 Å². The zero-order valence-corrected chi connectivity index (χ0v) is 11.9. The van der Waals surface area contributed by atoms with Crippen molar-refractivity contribution in [3.8, 4) is 0 Å². The first-order chi connectivity index (χ1) is 9.70. The van der Waals surface area contributed by atoms with E-state index in [4.69, 9.17) is 9.84 Å². The average molecular weight is 298 g/mol. The maximum atomic E-state index is 12.0. The molecule has 2 N–H and O–H groups in total. The molecule has 1 aliphatic heterocycles. The Labute approximate surface area is 121 Å². The summed E-state index contributed by atoms with van der Waals surface area (Å²) in [6, 6.07) is 3.56. The molecule has 1 atom stereocenters. The van der Waals surface area contributed by atoms with Gasteiger partial charge < -0.3 is 20.1 Å². The molecule has 0 bridgehead atoms. The monoisotopic (exact) mass is 298 g/mol. The Hall–Kier alpha value is -1.44. The quantitative estimate of drug-likeness (QED) is 0.807. The van der Waals surface area contributed by atoms with Gasteiger partial charge in [0.2, 0.25) is 5.91 Å². The number of amides is 2. The molecule has 0 saturated carbocycles. The highest BCUT2D eigenvalue weighted by Gasteiger charge is 2.23. The van der Waals surface area contributed by atoms with Gasteiger partial charge in [-0.2, -0.15) is 0 Å². The van der Waals surface area contributed by atoms with E-state index < -0.39 is 0 Å². The summed E-state index contributed by atoms with van der Waals surface area (Å²) >= 11 is 1.37. The van der Waals surface area contributed by atoms with Crippen LogP contribution >= 0.6 is 11.3 Å². The number of carbonyl (C=O) groups excluding carboxylic acids is 2. The highest BCUT2D eigenvalue weighted by atomic mass is 32.1. The maximum absolute atomic E-state index is 12.0. The van der Waals surface area contributed by atoms with E-state index in [2.05, 4.69) is 5.32 Å². The summed E-state index contributed by atoms with van der Waals surface area (Å²) in [5, 5.41) is 13.6. The van der Waals surface area contributed by atoms with E-state index in [9.17, 15) is 9.59 Å². The lowest BCUT2D eigenvalue weighted by Crippen LogP contribution is -2.47. The van der Waals surface area contributed by atoms with Gasteiger partial charge >= 0.3 is 0 Å². The fourth-order valence-corrected chi connectivity index (χ4v) is 2.63. The predicted octanol–water partition coefficient (Wildman–Crippen LogP) is 0.0877. The number of rotatable bonds is 5. The number of thiophene rings is 1. The molecule has 2 rings (SSSR count). The topological polar surface area (TPSA) is 78.9 Å². The lowest BCUT2D eigenvalue weighted by atomic mass is 10.2. The molecule has 2 amide bonds. The zero-order chi connectivity index (χ0) is 14.4. The second-order valence-electron chi connectivity index (χ2n) is 4.50. The van der Waals surface area contributed by atoms with Gasteiger partial charge in [0, 0.05) is 26.1 Å². The van der Waals surface area contributed by atoms with Crippen molar-refractivity contribution in [3.05, 3.63) is 22.4 Å². The van der Waals surface area contributed by atoms with Gasteiger partial charge in [0.15, 0.2) is 0 Å². The third kappa shape index (κ3) is 4.03. The molecule has 6 nitrogen and oxygen atoms in total. The number of aliphatic hydroxyl groups is 1. The first-order valence-electron chi connectivity index (χ1n) is 6.52. The van der Waals surface area contributed by atoms with Crippen molar-refractivity contribution in [2.75, 3.05) is 32.8 Å². The van der Waals surface area contributed by atoms with E-state index >= 15 is 0 Å². The molecule has 1 aliphatic rings. The molecule has 1 aromatic heterocycles. The lowest BCUT2D eigenvalue weighted by molar-refractivity contribution is -0.140. The molecule has 0 radical (unpaired) electrons. The van der Waals surface area contributed by atoms with E-state index in [1.54, 1.807) is 11.0 Å². The van der Waals surface area contributed by atoms with Crippen LogP contribution in [0.15, 0.2) is 17.5 Å². The second kappa shape index (κ2) is 7.37. The van der Waals surface area contributed by atoms with E-state index in [-0.39, 0.29) is 30.9 Å². The number of hydrogen-bond acceptors (Lipinski definition) is 5. The van der Waals surface area contributed by atoms with Crippen LogP contribution in [0.2, 0.25) is 0 Å². The number of carbonyl (C=O) groups is 2. The molecule has 1 saturated heterocycles. The van der Waals surface area contributed by atoms with Crippen LogP contribution in [0.5, 0.6) is 0 Å². The number of nitrogens with one attached hydrogen (secondary N) is 1. The van der Waals surface area contributed by atoms with E-state index in [0.29, 0.717) is 31.1 Å². The van der Waals surface area contributed by atoms with Crippen molar-refractivity contribution >= 4 is 23.2 Å². The summed E-state index contributed by atoms with van der Waals surface area (Å²) in [6.07, 6.45) is -0.0386. The molecular weight excluding hydrogens is 280 g/mol.